The van der Waals surface area contributed by atoms with E-state index < -0.39 is 17.3 Å². The third-order valence-electron chi connectivity index (χ3n) is 1.79. The molecule has 1 N–H and O–H groups in total. The van der Waals surface area contributed by atoms with Crippen LogP contribution < -0.4 is 10.4 Å². The van der Waals surface area contributed by atoms with Crippen molar-refractivity contribution in [2.24, 2.45) is 0 Å². The first-order valence-electron chi connectivity index (χ1n) is 4.23. The van der Waals surface area contributed by atoms with E-state index in [1.807, 2.05) is 0 Å². The fourth-order valence-corrected chi connectivity index (χ4v) is 1.06. The van der Waals surface area contributed by atoms with Crippen molar-refractivity contribution in [3.8, 4) is 0 Å². The number of imidazole rings is 1. The number of hydrogen-bond acceptors (Lipinski definition) is 6. The Kier molecular flexibility index (Phi) is 4.16. The summed E-state index contributed by atoms with van der Waals surface area (Å²) in [6, 6.07) is 0. The van der Waals surface area contributed by atoms with Gasteiger partial charge < -0.3 is 9.82 Å². The number of fused-ring (bicyclic) bond motifs is 1. The molecule has 8 nitrogen and oxygen atoms in total. The molecule has 0 aliphatic heterocycles. The van der Waals surface area contributed by atoms with Crippen LogP contribution in [0.5, 0.6) is 0 Å². The molecule has 0 radical (unpaired) electrons. The summed E-state index contributed by atoms with van der Waals surface area (Å²) in [7, 11) is 0. The number of H-pyrrole nitrogens is 1. The summed E-state index contributed by atoms with van der Waals surface area (Å²) in [4.78, 5) is 47.3. The molecule has 17 heavy (non-hydrogen) atoms. The molecule has 0 aliphatic rings. The molecule has 9 heteroatoms. The number of nitrogens with zero attached hydrogens (tertiary/aromatic N) is 3. The number of Topliss-reactive ketones (excluding diaryl/α,β-unsaturated/α-hetero) is 1. The summed E-state index contributed by atoms with van der Waals surface area (Å²) in [6.07, 6.45) is 2.25. The summed E-state index contributed by atoms with van der Waals surface area (Å²) in [5.41, 5.74) is -0.361. The molecule has 2 rings (SSSR count). The molecule has 0 unspecified atom stereocenters. The average Bonchev–Trinajstić information content (AvgIpc) is 2.63. The van der Waals surface area contributed by atoms with Crippen LogP contribution in [0, 0.1) is 0 Å². The van der Waals surface area contributed by atoms with Crippen LogP contribution in [0.1, 0.15) is 6.92 Å². The van der Waals surface area contributed by atoms with E-state index in [0.717, 1.165) is 24.3 Å². The SMILES string of the molecule is CC(=O)C(=O)On1cnc2c(=O)nc[nH]c21.[NaH]. The molecule has 0 bridgehead atoms. The number of carbonyl (C=O) groups is 2. The van der Waals surface area contributed by atoms with Crippen LogP contribution in [0.3, 0.4) is 0 Å². The standard InChI is InChI=1S/C8H6N4O4.Na.H/c1-4(13)8(15)16-12-3-11-5-6(12)9-2-10-7(5)14;;/h2-3H,1H3,(H,9,10,14);;. The molecule has 2 heterocycles. The first-order chi connectivity index (χ1) is 7.59. The molecule has 0 aromatic carbocycles. The molecule has 0 aliphatic carbocycles. The van der Waals surface area contributed by atoms with Crippen LogP contribution in [0.15, 0.2) is 17.4 Å². The van der Waals surface area contributed by atoms with Crippen LogP contribution in [-0.2, 0) is 9.59 Å². The van der Waals surface area contributed by atoms with Gasteiger partial charge in [-0.3, -0.25) is 9.59 Å². The number of hydrogen-bond donors (Lipinski definition) is 1. The van der Waals surface area contributed by atoms with Gasteiger partial charge >= 0.3 is 41.1 Å². The Morgan fingerprint density at radius 1 is 1.41 bits per heavy atom. The van der Waals surface area contributed by atoms with Crippen molar-refractivity contribution >= 4 is 52.5 Å². The van der Waals surface area contributed by atoms with E-state index in [1.54, 1.807) is 0 Å². The van der Waals surface area contributed by atoms with Gasteiger partial charge in [0.1, 0.15) is 6.33 Å². The molecule has 0 saturated carbocycles. The Bertz CT molecular complexity index is 632. The molecule has 84 valence electrons. The Morgan fingerprint density at radius 2 is 2.12 bits per heavy atom. The molecule has 2 aromatic heterocycles. The van der Waals surface area contributed by atoms with Gasteiger partial charge in [0.25, 0.3) is 0 Å². The molecular formula is C8H7N4NaO4. The number of nitrogens with one attached hydrogen (secondary N) is 1. The molecule has 0 amide bonds. The fourth-order valence-electron chi connectivity index (χ4n) is 1.06. The average molecular weight is 246 g/mol. The van der Waals surface area contributed by atoms with Gasteiger partial charge in [-0.1, -0.05) is 0 Å². The van der Waals surface area contributed by atoms with Crippen molar-refractivity contribution in [3.63, 3.8) is 0 Å². The van der Waals surface area contributed by atoms with Crippen LogP contribution >= 0.6 is 0 Å². The maximum absolute atomic E-state index is 11.2. The molecule has 0 fully saturated rings. The number of rotatable bonds is 2. The van der Waals surface area contributed by atoms with E-state index in [4.69, 9.17) is 0 Å². The number of aromatic amines is 1. The van der Waals surface area contributed by atoms with Crippen molar-refractivity contribution in [2.45, 2.75) is 6.92 Å². The Morgan fingerprint density at radius 3 is 2.76 bits per heavy atom. The first-order valence-corrected chi connectivity index (χ1v) is 4.23. The van der Waals surface area contributed by atoms with Gasteiger partial charge in [0.2, 0.25) is 5.78 Å². The second-order valence-corrected chi connectivity index (χ2v) is 2.91. The van der Waals surface area contributed by atoms with Gasteiger partial charge in [-0.05, 0) is 0 Å². The van der Waals surface area contributed by atoms with E-state index in [-0.39, 0.29) is 40.7 Å². The van der Waals surface area contributed by atoms with E-state index in [1.165, 1.54) is 0 Å². The maximum atomic E-state index is 11.2. The zero-order chi connectivity index (χ0) is 11.7. The monoisotopic (exact) mass is 246 g/mol. The summed E-state index contributed by atoms with van der Waals surface area (Å²) in [5.74, 6) is -1.80. The summed E-state index contributed by atoms with van der Waals surface area (Å²) < 4.78 is 0.905. The van der Waals surface area contributed by atoms with E-state index in [9.17, 15) is 14.4 Å². The quantitative estimate of drug-likeness (QED) is 0.486. The first kappa shape index (κ1) is 13.6. The van der Waals surface area contributed by atoms with Crippen LogP contribution in [-0.4, -0.2) is 61.0 Å². The normalized spacial score (nSPS) is 9.71. The summed E-state index contributed by atoms with van der Waals surface area (Å²) in [6.45, 7) is 1.08. The third kappa shape index (κ3) is 2.60. The van der Waals surface area contributed by atoms with E-state index >= 15 is 0 Å². The topological polar surface area (TPSA) is 107 Å². The number of carbonyl (C=O) groups excluding carboxylic acids is 2. The van der Waals surface area contributed by atoms with E-state index in [0.29, 0.717) is 0 Å². The van der Waals surface area contributed by atoms with Crippen molar-refractivity contribution in [3.05, 3.63) is 23.0 Å². The fraction of sp³-hybridized carbons (Fsp3) is 0.125. The Hall–Kier alpha value is -1.51. The van der Waals surface area contributed by atoms with Gasteiger partial charge in [0.15, 0.2) is 11.2 Å². The summed E-state index contributed by atoms with van der Waals surface area (Å²) in [5, 5.41) is 0. The van der Waals surface area contributed by atoms with Crippen LogP contribution in [0.2, 0.25) is 0 Å². The van der Waals surface area contributed by atoms with Gasteiger partial charge in [-0.2, -0.15) is 4.98 Å². The van der Waals surface area contributed by atoms with Crippen LogP contribution in [0.4, 0.5) is 0 Å². The minimum absolute atomic E-state index is 0. The van der Waals surface area contributed by atoms with Crippen molar-refractivity contribution in [2.75, 3.05) is 0 Å². The van der Waals surface area contributed by atoms with Gasteiger partial charge in [0.05, 0.1) is 6.33 Å². The summed E-state index contributed by atoms with van der Waals surface area (Å²) >= 11 is 0. The van der Waals surface area contributed by atoms with Gasteiger partial charge in [-0.15, -0.1) is 4.73 Å². The number of aromatic nitrogens is 4. The molecule has 2 aromatic rings. The molecule has 0 spiro atoms. The molecule has 0 atom stereocenters. The zero-order valence-electron chi connectivity index (χ0n) is 8.13. The Balaban J connectivity index is 0.00000144. The predicted molar refractivity (Wildman–Crippen MR) is 57.6 cm³/mol. The second-order valence-electron chi connectivity index (χ2n) is 2.91. The van der Waals surface area contributed by atoms with Gasteiger partial charge in [-0.25, -0.2) is 9.78 Å². The van der Waals surface area contributed by atoms with Gasteiger partial charge in [0, 0.05) is 6.92 Å². The minimum atomic E-state index is -1.04. The second kappa shape index (κ2) is 5.21. The predicted octanol–water partition coefficient (Wildman–Crippen LogP) is -1.98. The Labute approximate surface area is 116 Å². The van der Waals surface area contributed by atoms with E-state index in [2.05, 4.69) is 19.8 Å². The van der Waals surface area contributed by atoms with Crippen molar-refractivity contribution in [1.82, 2.24) is 19.7 Å². The third-order valence-corrected chi connectivity index (χ3v) is 1.79. The zero-order valence-corrected chi connectivity index (χ0v) is 8.13. The van der Waals surface area contributed by atoms with Crippen LogP contribution in [0.25, 0.3) is 11.2 Å². The number of ketones is 1. The molecule has 0 saturated heterocycles. The van der Waals surface area contributed by atoms with Crippen molar-refractivity contribution in [1.29, 1.82) is 0 Å². The molecular weight excluding hydrogens is 239 g/mol. The van der Waals surface area contributed by atoms with Crippen molar-refractivity contribution < 1.29 is 14.4 Å².